The first-order valence-electron chi connectivity index (χ1n) is 20.8. The highest BCUT2D eigenvalue weighted by molar-refractivity contribution is 6.06. The Kier molecular flexibility index (Phi) is 9.45. The van der Waals surface area contributed by atoms with Gasteiger partial charge in [0.05, 0.1) is 11.4 Å². The minimum absolute atomic E-state index is 0.608. The first kappa shape index (κ1) is 36.7. The molecule has 62 heavy (non-hydrogen) atoms. The van der Waals surface area contributed by atoms with Crippen LogP contribution in [0.25, 0.3) is 112 Å². The Hall–Kier alpha value is -8.41. The minimum atomic E-state index is 0.608. The molecule has 11 aromatic rings. The van der Waals surface area contributed by atoms with Crippen LogP contribution >= 0.6 is 0 Å². The van der Waals surface area contributed by atoms with E-state index in [9.17, 15) is 0 Å². The summed E-state index contributed by atoms with van der Waals surface area (Å²) in [4.78, 5) is 25.7. The van der Waals surface area contributed by atoms with Crippen molar-refractivity contribution in [1.82, 2.24) is 24.9 Å². The molecule has 0 aliphatic carbocycles. The van der Waals surface area contributed by atoms with Crippen molar-refractivity contribution < 1.29 is 0 Å². The van der Waals surface area contributed by atoms with E-state index in [-0.39, 0.29) is 0 Å². The largest absolute Gasteiger partial charge is 0.228 e. The summed E-state index contributed by atoms with van der Waals surface area (Å²) in [5.41, 5.74) is 12.0. The lowest BCUT2D eigenvalue weighted by atomic mass is 9.91. The maximum atomic E-state index is 5.45. The van der Waals surface area contributed by atoms with Crippen LogP contribution in [0.1, 0.15) is 0 Å². The average Bonchev–Trinajstić information content (AvgIpc) is 3.36. The molecular weight excluding hydrogens is 755 g/mol. The van der Waals surface area contributed by atoms with Gasteiger partial charge < -0.3 is 0 Å². The molecular formula is C57H37N5. The Bertz CT molecular complexity index is 3310. The van der Waals surface area contributed by atoms with Gasteiger partial charge in [0.15, 0.2) is 23.3 Å². The number of aromatic nitrogens is 5. The molecule has 11 rings (SSSR count). The molecule has 0 aliphatic rings. The summed E-state index contributed by atoms with van der Waals surface area (Å²) < 4.78 is 0. The fourth-order valence-electron chi connectivity index (χ4n) is 8.35. The zero-order valence-electron chi connectivity index (χ0n) is 33.6. The lowest BCUT2D eigenvalue weighted by molar-refractivity contribution is 1.07. The SMILES string of the molecule is c1ccc(-c2cc(-c3ccc(-c4ccccc4)c4ccccc34)nc(-c3ccc4ccccc4c3-c3ccc(-c4nc(-c5ccccc5)nc(-c5ccccc5)n4)cc3)n2)cc1. The molecule has 5 nitrogen and oxygen atoms in total. The number of hydrogen-bond acceptors (Lipinski definition) is 5. The van der Waals surface area contributed by atoms with Gasteiger partial charge in [0, 0.05) is 38.9 Å². The summed E-state index contributed by atoms with van der Waals surface area (Å²) in [5, 5.41) is 4.56. The maximum absolute atomic E-state index is 5.45. The quantitative estimate of drug-likeness (QED) is 0.153. The van der Waals surface area contributed by atoms with Crippen molar-refractivity contribution in [2.24, 2.45) is 0 Å². The van der Waals surface area contributed by atoms with Crippen LogP contribution in [0.15, 0.2) is 224 Å². The highest BCUT2D eigenvalue weighted by Gasteiger charge is 2.20. The molecule has 0 N–H and O–H groups in total. The first-order valence-corrected chi connectivity index (χ1v) is 20.8. The second kappa shape index (κ2) is 16.0. The molecule has 9 aromatic carbocycles. The van der Waals surface area contributed by atoms with Gasteiger partial charge in [0.25, 0.3) is 0 Å². The van der Waals surface area contributed by atoms with Crippen LogP contribution in [-0.4, -0.2) is 24.9 Å². The lowest BCUT2D eigenvalue weighted by Gasteiger charge is -2.17. The summed E-state index contributed by atoms with van der Waals surface area (Å²) in [5.74, 6) is 2.52. The van der Waals surface area contributed by atoms with Gasteiger partial charge in [-0.05, 0) is 50.4 Å². The molecule has 0 unspecified atom stereocenters. The molecule has 0 fully saturated rings. The number of rotatable bonds is 8. The van der Waals surface area contributed by atoms with Crippen molar-refractivity contribution in [3.8, 4) is 90.3 Å². The van der Waals surface area contributed by atoms with E-state index in [0.29, 0.717) is 23.3 Å². The zero-order chi connectivity index (χ0) is 41.2. The molecule has 0 bridgehead atoms. The lowest BCUT2D eigenvalue weighted by Crippen LogP contribution is -2.00. The van der Waals surface area contributed by atoms with E-state index >= 15 is 0 Å². The Morgan fingerprint density at radius 1 is 0.226 bits per heavy atom. The molecule has 2 aromatic heterocycles. The third-order valence-corrected chi connectivity index (χ3v) is 11.4. The van der Waals surface area contributed by atoms with E-state index in [1.807, 2.05) is 66.7 Å². The average molecular weight is 792 g/mol. The molecule has 5 heteroatoms. The van der Waals surface area contributed by atoms with E-state index < -0.39 is 0 Å². The molecule has 0 radical (unpaired) electrons. The van der Waals surface area contributed by atoms with Crippen molar-refractivity contribution in [3.05, 3.63) is 224 Å². The standard InChI is InChI=1S/C57H37N5/c1-5-17-38(18-6-1)45-35-36-49(48-28-16-15-27-47(45)48)52-37-51(40-20-7-2-8-21-40)58-57(59-52)50-34-33-39-19-13-14-26-46(39)53(50)41-29-31-44(32-30-41)56-61-54(42-22-9-3-10-23-42)60-55(62-56)43-24-11-4-12-25-43/h1-37H. The van der Waals surface area contributed by atoms with Gasteiger partial charge in [0.1, 0.15) is 0 Å². The van der Waals surface area contributed by atoms with Crippen molar-refractivity contribution in [1.29, 1.82) is 0 Å². The van der Waals surface area contributed by atoms with Crippen LogP contribution in [0.3, 0.4) is 0 Å². The predicted octanol–water partition coefficient (Wildman–Crippen LogP) is 14.3. The van der Waals surface area contributed by atoms with Gasteiger partial charge in [-0.2, -0.15) is 0 Å². The topological polar surface area (TPSA) is 64.5 Å². The summed E-state index contributed by atoms with van der Waals surface area (Å²) in [7, 11) is 0. The van der Waals surface area contributed by atoms with Crippen molar-refractivity contribution >= 4 is 21.5 Å². The maximum Gasteiger partial charge on any atom is 0.164 e. The normalized spacial score (nSPS) is 11.2. The summed E-state index contributed by atoms with van der Waals surface area (Å²) in [6.45, 7) is 0. The van der Waals surface area contributed by atoms with E-state index in [2.05, 4.69) is 158 Å². The second-order valence-corrected chi connectivity index (χ2v) is 15.2. The summed E-state index contributed by atoms with van der Waals surface area (Å²) in [6.07, 6.45) is 0. The molecule has 290 valence electrons. The predicted molar refractivity (Wildman–Crippen MR) is 254 cm³/mol. The number of benzene rings is 9. The Morgan fingerprint density at radius 2 is 0.645 bits per heavy atom. The van der Waals surface area contributed by atoms with Gasteiger partial charge in [-0.3, -0.25) is 0 Å². The van der Waals surface area contributed by atoms with E-state index in [1.54, 1.807) is 0 Å². The van der Waals surface area contributed by atoms with Crippen LogP contribution in [0.5, 0.6) is 0 Å². The zero-order valence-corrected chi connectivity index (χ0v) is 33.6. The van der Waals surface area contributed by atoms with Gasteiger partial charge in [-0.15, -0.1) is 0 Å². The van der Waals surface area contributed by atoms with Crippen LogP contribution in [0, 0.1) is 0 Å². The molecule has 0 amide bonds. The summed E-state index contributed by atoms with van der Waals surface area (Å²) in [6, 6.07) is 77.6. The van der Waals surface area contributed by atoms with Gasteiger partial charge in [-0.1, -0.05) is 212 Å². The smallest absolute Gasteiger partial charge is 0.164 e. The van der Waals surface area contributed by atoms with Gasteiger partial charge in [-0.25, -0.2) is 24.9 Å². The van der Waals surface area contributed by atoms with Crippen LogP contribution < -0.4 is 0 Å². The molecule has 0 saturated carbocycles. The molecule has 2 heterocycles. The Labute approximate surface area is 359 Å². The fourth-order valence-corrected chi connectivity index (χ4v) is 8.35. The van der Waals surface area contributed by atoms with Gasteiger partial charge >= 0.3 is 0 Å². The third kappa shape index (κ3) is 6.97. The highest BCUT2D eigenvalue weighted by Crippen LogP contribution is 2.41. The van der Waals surface area contributed by atoms with E-state index in [0.717, 1.165) is 72.1 Å². The Balaban J connectivity index is 1.08. The molecule has 0 aliphatic heterocycles. The van der Waals surface area contributed by atoms with Crippen molar-refractivity contribution in [3.63, 3.8) is 0 Å². The second-order valence-electron chi connectivity index (χ2n) is 15.2. The van der Waals surface area contributed by atoms with Crippen LogP contribution in [0.2, 0.25) is 0 Å². The number of nitrogens with zero attached hydrogens (tertiary/aromatic N) is 5. The van der Waals surface area contributed by atoms with Crippen molar-refractivity contribution in [2.45, 2.75) is 0 Å². The number of fused-ring (bicyclic) bond motifs is 2. The monoisotopic (exact) mass is 791 g/mol. The molecule has 0 atom stereocenters. The third-order valence-electron chi connectivity index (χ3n) is 11.4. The fraction of sp³-hybridized carbons (Fsp3) is 0. The van der Waals surface area contributed by atoms with Crippen LogP contribution in [0.4, 0.5) is 0 Å². The molecule has 0 spiro atoms. The minimum Gasteiger partial charge on any atom is -0.228 e. The molecule has 0 saturated heterocycles. The van der Waals surface area contributed by atoms with E-state index in [4.69, 9.17) is 24.9 Å². The van der Waals surface area contributed by atoms with Crippen molar-refractivity contribution in [2.75, 3.05) is 0 Å². The first-order chi connectivity index (χ1) is 30.7. The van der Waals surface area contributed by atoms with Crippen LogP contribution in [-0.2, 0) is 0 Å². The Morgan fingerprint density at radius 3 is 1.24 bits per heavy atom. The van der Waals surface area contributed by atoms with Gasteiger partial charge in [0.2, 0.25) is 0 Å². The highest BCUT2D eigenvalue weighted by atomic mass is 15.0. The number of hydrogen-bond donors (Lipinski definition) is 0. The summed E-state index contributed by atoms with van der Waals surface area (Å²) >= 11 is 0. The van der Waals surface area contributed by atoms with E-state index in [1.165, 1.54) is 16.5 Å².